The van der Waals surface area contributed by atoms with Crippen molar-refractivity contribution in [1.29, 1.82) is 0 Å². The third kappa shape index (κ3) is 1.81. The van der Waals surface area contributed by atoms with E-state index < -0.39 is 7.14 Å². The molecule has 1 nitrogen and oxygen atoms in total. The van der Waals surface area contributed by atoms with Gasteiger partial charge >= 0.3 is 0 Å². The second-order valence-corrected chi connectivity index (χ2v) is 9.21. The molecule has 82 valence electrons. The summed E-state index contributed by atoms with van der Waals surface area (Å²) >= 11 is 0. The highest BCUT2D eigenvalue weighted by Gasteiger charge is 2.44. The van der Waals surface area contributed by atoms with E-state index in [1.807, 2.05) is 0 Å². The maximum atomic E-state index is 12.9. The first-order chi connectivity index (χ1) is 6.66. The van der Waals surface area contributed by atoms with Gasteiger partial charge in [0.2, 0.25) is 0 Å². The van der Waals surface area contributed by atoms with Gasteiger partial charge in [0, 0.05) is 17.5 Å². The molecule has 0 atom stereocenters. The SMILES string of the molecule is CC1(P2(=O)CCCCC2)CCCCC1. The third-order valence-corrected chi connectivity index (χ3v) is 8.95. The van der Waals surface area contributed by atoms with E-state index in [9.17, 15) is 4.57 Å². The molecule has 0 aromatic rings. The van der Waals surface area contributed by atoms with Crippen LogP contribution < -0.4 is 0 Å². The summed E-state index contributed by atoms with van der Waals surface area (Å²) in [7, 11) is -1.80. The summed E-state index contributed by atoms with van der Waals surface area (Å²) in [6, 6.07) is 0. The van der Waals surface area contributed by atoms with Gasteiger partial charge in [-0.15, -0.1) is 0 Å². The summed E-state index contributed by atoms with van der Waals surface area (Å²) < 4.78 is 12.9. The zero-order valence-electron chi connectivity index (χ0n) is 9.43. The Morgan fingerprint density at radius 3 is 1.93 bits per heavy atom. The van der Waals surface area contributed by atoms with Crippen LogP contribution in [-0.4, -0.2) is 17.5 Å². The van der Waals surface area contributed by atoms with E-state index in [2.05, 4.69) is 6.92 Å². The molecule has 1 saturated carbocycles. The van der Waals surface area contributed by atoms with Crippen molar-refractivity contribution in [3.8, 4) is 0 Å². The van der Waals surface area contributed by atoms with Gasteiger partial charge in [-0.1, -0.05) is 32.6 Å². The normalized spacial score (nSPS) is 31.2. The van der Waals surface area contributed by atoms with Crippen LogP contribution in [0.2, 0.25) is 0 Å². The molecular weight excluding hydrogens is 191 g/mol. The molecule has 2 rings (SSSR count). The van der Waals surface area contributed by atoms with E-state index in [0.717, 1.165) is 12.3 Å². The largest absolute Gasteiger partial charge is 0.323 e. The van der Waals surface area contributed by atoms with Crippen LogP contribution in [-0.2, 0) is 4.57 Å². The Morgan fingerprint density at radius 1 is 0.857 bits per heavy atom. The molecule has 1 heterocycles. The van der Waals surface area contributed by atoms with Crippen LogP contribution in [0.1, 0.15) is 58.3 Å². The van der Waals surface area contributed by atoms with E-state index in [1.165, 1.54) is 51.4 Å². The average molecular weight is 214 g/mol. The molecule has 2 heteroatoms. The minimum atomic E-state index is -1.80. The van der Waals surface area contributed by atoms with Crippen molar-refractivity contribution in [3.63, 3.8) is 0 Å². The first-order valence-corrected chi connectivity index (χ1v) is 8.32. The van der Waals surface area contributed by atoms with Gasteiger partial charge < -0.3 is 4.57 Å². The third-order valence-electron chi connectivity index (χ3n) is 4.45. The average Bonchev–Trinajstić information content (AvgIpc) is 2.20. The number of rotatable bonds is 1. The van der Waals surface area contributed by atoms with E-state index in [1.54, 1.807) is 0 Å². The monoisotopic (exact) mass is 214 g/mol. The lowest BCUT2D eigenvalue weighted by atomic mass is 9.90. The number of hydrogen-bond donors (Lipinski definition) is 0. The lowest BCUT2D eigenvalue weighted by Gasteiger charge is -2.42. The molecule has 2 aliphatic rings. The lowest BCUT2D eigenvalue weighted by Crippen LogP contribution is -2.31. The van der Waals surface area contributed by atoms with Crippen molar-refractivity contribution in [2.24, 2.45) is 0 Å². The molecule has 0 spiro atoms. The summed E-state index contributed by atoms with van der Waals surface area (Å²) in [4.78, 5) is 0. The van der Waals surface area contributed by atoms with Gasteiger partial charge in [0.05, 0.1) is 7.14 Å². The predicted octanol–water partition coefficient (Wildman–Crippen LogP) is 4.26. The van der Waals surface area contributed by atoms with Gasteiger partial charge in [-0.2, -0.15) is 0 Å². The molecule has 1 aliphatic carbocycles. The first-order valence-electron chi connectivity index (χ1n) is 6.25. The smallest absolute Gasteiger partial charge is 0.0933 e. The molecule has 2 fully saturated rings. The zero-order chi connectivity index (χ0) is 10.1. The van der Waals surface area contributed by atoms with E-state index in [0.29, 0.717) is 0 Å². The van der Waals surface area contributed by atoms with Crippen molar-refractivity contribution < 1.29 is 4.57 Å². The summed E-state index contributed by atoms with van der Waals surface area (Å²) in [5.74, 6) is 0. The fourth-order valence-corrected chi connectivity index (χ4v) is 7.19. The fourth-order valence-electron chi connectivity index (χ4n) is 3.28. The Morgan fingerprint density at radius 2 is 1.36 bits per heavy atom. The predicted molar refractivity (Wildman–Crippen MR) is 62.7 cm³/mol. The highest BCUT2D eigenvalue weighted by molar-refractivity contribution is 7.65. The van der Waals surface area contributed by atoms with Crippen molar-refractivity contribution in [3.05, 3.63) is 0 Å². The molecule has 0 bridgehead atoms. The van der Waals surface area contributed by atoms with Crippen LogP contribution in [0, 0.1) is 0 Å². The Labute approximate surface area is 88.0 Å². The Balaban J connectivity index is 2.13. The van der Waals surface area contributed by atoms with Gasteiger partial charge in [-0.25, -0.2) is 0 Å². The highest BCUT2D eigenvalue weighted by Crippen LogP contribution is 2.65. The molecule has 0 N–H and O–H groups in total. The Hall–Kier alpha value is 0.230. The summed E-state index contributed by atoms with van der Waals surface area (Å²) in [5, 5.41) is 0.242. The van der Waals surface area contributed by atoms with Crippen molar-refractivity contribution in [2.75, 3.05) is 12.3 Å². The van der Waals surface area contributed by atoms with E-state index in [4.69, 9.17) is 0 Å². The molecule has 0 unspecified atom stereocenters. The highest BCUT2D eigenvalue weighted by atomic mass is 31.2. The summed E-state index contributed by atoms with van der Waals surface area (Å²) in [6.45, 7) is 2.32. The van der Waals surface area contributed by atoms with Crippen LogP contribution in [0.5, 0.6) is 0 Å². The van der Waals surface area contributed by atoms with Gasteiger partial charge in [0.25, 0.3) is 0 Å². The molecule has 0 radical (unpaired) electrons. The van der Waals surface area contributed by atoms with Gasteiger partial charge in [0.15, 0.2) is 0 Å². The van der Waals surface area contributed by atoms with Crippen molar-refractivity contribution >= 4 is 7.14 Å². The zero-order valence-corrected chi connectivity index (χ0v) is 10.3. The standard InChI is InChI=1S/C12H23OP/c1-12(8-4-2-5-9-12)14(13)10-6-3-7-11-14/h2-11H2,1H3. The molecular formula is C12H23OP. The van der Waals surface area contributed by atoms with Crippen LogP contribution >= 0.6 is 7.14 Å². The van der Waals surface area contributed by atoms with E-state index >= 15 is 0 Å². The van der Waals surface area contributed by atoms with Crippen LogP contribution in [0.4, 0.5) is 0 Å². The maximum absolute atomic E-state index is 12.9. The fraction of sp³-hybridized carbons (Fsp3) is 1.00. The maximum Gasteiger partial charge on any atom is 0.0933 e. The first kappa shape index (κ1) is 10.7. The topological polar surface area (TPSA) is 17.1 Å². The quantitative estimate of drug-likeness (QED) is 0.596. The second kappa shape index (κ2) is 4.00. The van der Waals surface area contributed by atoms with E-state index in [-0.39, 0.29) is 5.16 Å². The molecule has 0 amide bonds. The molecule has 14 heavy (non-hydrogen) atoms. The van der Waals surface area contributed by atoms with Crippen LogP contribution in [0.15, 0.2) is 0 Å². The van der Waals surface area contributed by atoms with Gasteiger partial charge in [-0.05, 0) is 25.7 Å². The Bertz CT molecular complexity index is 231. The Kier molecular flexibility index (Phi) is 3.07. The molecule has 1 saturated heterocycles. The summed E-state index contributed by atoms with van der Waals surface area (Å²) in [6.07, 6.45) is 12.4. The van der Waals surface area contributed by atoms with Crippen molar-refractivity contribution in [2.45, 2.75) is 63.4 Å². The lowest BCUT2D eigenvalue weighted by molar-refractivity contribution is 0.389. The molecule has 1 aliphatic heterocycles. The van der Waals surface area contributed by atoms with Crippen LogP contribution in [0.3, 0.4) is 0 Å². The minimum absolute atomic E-state index is 0.242. The molecule has 0 aromatic heterocycles. The minimum Gasteiger partial charge on any atom is -0.323 e. The second-order valence-electron chi connectivity index (χ2n) is 5.45. The van der Waals surface area contributed by atoms with Crippen LogP contribution in [0.25, 0.3) is 0 Å². The van der Waals surface area contributed by atoms with Gasteiger partial charge in [0.1, 0.15) is 0 Å². The van der Waals surface area contributed by atoms with Crippen molar-refractivity contribution in [1.82, 2.24) is 0 Å². The van der Waals surface area contributed by atoms with Gasteiger partial charge in [-0.3, -0.25) is 0 Å². The summed E-state index contributed by atoms with van der Waals surface area (Å²) in [5.41, 5.74) is 0. The number of hydrogen-bond acceptors (Lipinski definition) is 1. The molecule has 0 aromatic carbocycles.